The van der Waals surface area contributed by atoms with Crippen molar-refractivity contribution in [3.63, 3.8) is 0 Å². The van der Waals surface area contributed by atoms with Gasteiger partial charge in [-0.3, -0.25) is 4.79 Å². The highest BCUT2D eigenvalue weighted by molar-refractivity contribution is 14.1. The zero-order chi connectivity index (χ0) is 14.2. The van der Waals surface area contributed by atoms with Gasteiger partial charge in [-0.1, -0.05) is 12.1 Å². The number of alkyl halides is 1. The number of carbonyl (C=O) groups is 1. The first-order valence-electron chi connectivity index (χ1n) is 5.70. The Labute approximate surface area is 131 Å². The zero-order valence-electron chi connectivity index (χ0n) is 10.2. The van der Waals surface area contributed by atoms with E-state index in [4.69, 9.17) is 11.6 Å². The monoisotopic (exact) mass is 413 g/mol. The van der Waals surface area contributed by atoms with E-state index in [1.807, 2.05) is 13.0 Å². The number of aryl methyl sites for hydroxylation is 1. The van der Waals surface area contributed by atoms with Gasteiger partial charge in [0.2, 0.25) is 0 Å². The third kappa shape index (κ3) is 3.41. The Bertz CT molecular complexity index is 617. The van der Waals surface area contributed by atoms with E-state index in [2.05, 4.69) is 27.9 Å². The lowest BCUT2D eigenvalue weighted by atomic mass is 10.1. The summed E-state index contributed by atoms with van der Waals surface area (Å²) in [5, 5.41) is 2.15. The van der Waals surface area contributed by atoms with Crippen molar-refractivity contribution < 1.29 is 13.2 Å². The molecular formula is C12H13ClINO3S. The lowest BCUT2D eigenvalue weighted by molar-refractivity contribution is 0.0940. The van der Waals surface area contributed by atoms with Crippen molar-refractivity contribution in [1.29, 1.82) is 0 Å². The van der Waals surface area contributed by atoms with Crippen LogP contribution >= 0.6 is 34.2 Å². The van der Waals surface area contributed by atoms with E-state index in [1.165, 1.54) is 0 Å². The van der Waals surface area contributed by atoms with Gasteiger partial charge in [0.15, 0.2) is 9.84 Å². The summed E-state index contributed by atoms with van der Waals surface area (Å²) in [6.45, 7) is 1.92. The Morgan fingerprint density at radius 1 is 1.42 bits per heavy atom. The Balaban J connectivity index is 2.16. The molecule has 2 unspecified atom stereocenters. The topological polar surface area (TPSA) is 63.2 Å². The van der Waals surface area contributed by atoms with Crippen molar-refractivity contribution in [2.24, 2.45) is 0 Å². The van der Waals surface area contributed by atoms with E-state index in [0.29, 0.717) is 5.56 Å². The molecule has 4 nitrogen and oxygen atoms in total. The fraction of sp³-hybridized carbons (Fsp3) is 0.417. The number of nitrogens with one attached hydrogen (secondary N) is 1. The number of carbonyl (C=O) groups excluding carboxylic acids is 1. The number of sulfone groups is 1. The average molecular weight is 414 g/mol. The minimum absolute atomic E-state index is 0.0790. The first kappa shape index (κ1) is 15.1. The maximum Gasteiger partial charge on any atom is 0.252 e. The van der Waals surface area contributed by atoms with Crippen LogP contribution < -0.4 is 5.32 Å². The van der Waals surface area contributed by atoms with Crippen molar-refractivity contribution in [3.05, 3.63) is 32.9 Å². The predicted octanol–water partition coefficient (Wildman–Crippen LogP) is 1.73. The zero-order valence-corrected chi connectivity index (χ0v) is 13.9. The molecule has 2 rings (SSSR count). The Morgan fingerprint density at radius 2 is 2.11 bits per heavy atom. The average Bonchev–Trinajstić information content (AvgIpc) is 2.55. The predicted molar refractivity (Wildman–Crippen MR) is 83.4 cm³/mol. The van der Waals surface area contributed by atoms with E-state index in [-0.39, 0.29) is 17.4 Å². The molecule has 1 amide bonds. The largest absolute Gasteiger partial charge is 0.347 e. The first-order valence-corrected chi connectivity index (χ1v) is 9.04. The highest BCUT2D eigenvalue weighted by Crippen LogP contribution is 2.20. The quantitative estimate of drug-likeness (QED) is 0.593. The van der Waals surface area contributed by atoms with Crippen molar-refractivity contribution in [2.45, 2.75) is 18.3 Å². The van der Waals surface area contributed by atoms with E-state index in [1.54, 1.807) is 12.1 Å². The van der Waals surface area contributed by atoms with Crippen LogP contribution in [0.5, 0.6) is 0 Å². The molecule has 104 valence electrons. The van der Waals surface area contributed by atoms with Gasteiger partial charge in [0.25, 0.3) is 5.91 Å². The minimum Gasteiger partial charge on any atom is -0.347 e. The van der Waals surface area contributed by atoms with Gasteiger partial charge in [-0.25, -0.2) is 8.42 Å². The maximum atomic E-state index is 12.2. The van der Waals surface area contributed by atoms with Crippen molar-refractivity contribution >= 4 is 49.9 Å². The number of rotatable bonds is 2. The van der Waals surface area contributed by atoms with Gasteiger partial charge in [0, 0.05) is 3.57 Å². The van der Waals surface area contributed by atoms with Crippen LogP contribution in [0.2, 0.25) is 0 Å². The molecule has 0 bridgehead atoms. The highest BCUT2D eigenvalue weighted by atomic mass is 127. The molecule has 1 heterocycles. The normalized spacial score (nSPS) is 25.2. The van der Waals surface area contributed by atoms with Gasteiger partial charge in [-0.2, -0.15) is 0 Å². The molecule has 1 aromatic rings. The highest BCUT2D eigenvalue weighted by Gasteiger charge is 2.37. The summed E-state index contributed by atoms with van der Waals surface area (Å²) in [5.74, 6) is -0.444. The molecule has 0 aromatic heterocycles. The van der Waals surface area contributed by atoms with Crippen LogP contribution in [-0.4, -0.2) is 37.2 Å². The van der Waals surface area contributed by atoms with Crippen molar-refractivity contribution in [2.75, 3.05) is 11.5 Å². The Kier molecular flexibility index (Phi) is 4.42. The molecule has 0 spiro atoms. The molecule has 0 radical (unpaired) electrons. The molecule has 1 saturated heterocycles. The summed E-state index contributed by atoms with van der Waals surface area (Å²) in [4.78, 5) is 12.2. The van der Waals surface area contributed by atoms with Crippen LogP contribution in [-0.2, 0) is 9.84 Å². The number of halogens is 2. The molecule has 1 fully saturated rings. The van der Waals surface area contributed by atoms with Gasteiger partial charge in [0.05, 0.1) is 28.5 Å². The smallest absolute Gasteiger partial charge is 0.252 e. The maximum absolute atomic E-state index is 12.2. The third-order valence-corrected chi connectivity index (χ3v) is 6.84. The van der Waals surface area contributed by atoms with Gasteiger partial charge in [-0.15, -0.1) is 11.6 Å². The molecule has 19 heavy (non-hydrogen) atoms. The lowest BCUT2D eigenvalue weighted by Gasteiger charge is -2.15. The van der Waals surface area contributed by atoms with Crippen molar-refractivity contribution in [1.82, 2.24) is 5.32 Å². The third-order valence-electron chi connectivity index (χ3n) is 3.04. The molecule has 1 N–H and O–H groups in total. The van der Waals surface area contributed by atoms with E-state index in [0.717, 1.165) is 9.13 Å². The van der Waals surface area contributed by atoms with Gasteiger partial charge in [0.1, 0.15) is 0 Å². The standard InChI is InChI=1S/C12H13ClINO3S/c1-7-3-2-4-8(11(7)14)12(16)15-10-6-19(17,18)5-9(10)13/h2-4,9-10H,5-6H2,1H3,(H,15,16). The fourth-order valence-electron chi connectivity index (χ4n) is 2.01. The van der Waals surface area contributed by atoms with E-state index in [9.17, 15) is 13.2 Å². The number of hydrogen-bond acceptors (Lipinski definition) is 3. The number of amides is 1. The fourth-order valence-corrected chi connectivity index (χ4v) is 5.16. The summed E-state index contributed by atoms with van der Waals surface area (Å²) in [6.07, 6.45) is 0. The van der Waals surface area contributed by atoms with Gasteiger partial charge in [-0.05, 0) is 41.1 Å². The summed E-state index contributed by atoms with van der Waals surface area (Å²) in [7, 11) is -3.14. The second-order valence-corrected chi connectivity index (χ2v) is 8.40. The number of benzene rings is 1. The van der Waals surface area contributed by atoms with E-state index >= 15 is 0 Å². The molecular weight excluding hydrogens is 401 g/mol. The summed E-state index contributed by atoms with van der Waals surface area (Å²) >= 11 is 8.08. The van der Waals surface area contributed by atoms with Crippen LogP contribution in [0.4, 0.5) is 0 Å². The first-order chi connectivity index (χ1) is 8.80. The van der Waals surface area contributed by atoms with Crippen molar-refractivity contribution in [3.8, 4) is 0 Å². The van der Waals surface area contributed by atoms with Crippen LogP contribution in [0, 0.1) is 10.5 Å². The Morgan fingerprint density at radius 3 is 2.68 bits per heavy atom. The SMILES string of the molecule is Cc1cccc(C(=O)NC2CS(=O)(=O)CC2Cl)c1I. The van der Waals surface area contributed by atoms with Crippen LogP contribution in [0.1, 0.15) is 15.9 Å². The van der Waals surface area contributed by atoms with Crippen LogP contribution in [0.25, 0.3) is 0 Å². The molecule has 1 aliphatic heterocycles. The summed E-state index contributed by atoms with van der Waals surface area (Å²) in [6, 6.07) is 4.92. The molecule has 1 aliphatic rings. The second-order valence-electron chi connectivity index (χ2n) is 4.61. The summed E-state index contributed by atoms with van der Waals surface area (Å²) in [5.41, 5.74) is 1.56. The van der Waals surface area contributed by atoms with Gasteiger partial charge >= 0.3 is 0 Å². The summed E-state index contributed by atoms with van der Waals surface area (Å²) < 4.78 is 23.8. The van der Waals surface area contributed by atoms with E-state index < -0.39 is 21.3 Å². The molecule has 0 aliphatic carbocycles. The second kappa shape index (κ2) is 5.57. The molecule has 0 saturated carbocycles. The molecule has 7 heteroatoms. The minimum atomic E-state index is -3.14. The molecule has 1 aromatic carbocycles. The number of hydrogen-bond donors (Lipinski definition) is 1. The Hall–Kier alpha value is -0.340. The lowest BCUT2D eigenvalue weighted by Crippen LogP contribution is -2.40. The molecule has 2 atom stereocenters. The van der Waals surface area contributed by atoms with Crippen LogP contribution in [0.15, 0.2) is 18.2 Å². The van der Waals surface area contributed by atoms with Gasteiger partial charge < -0.3 is 5.32 Å². The van der Waals surface area contributed by atoms with Crippen LogP contribution in [0.3, 0.4) is 0 Å².